The maximum Gasteiger partial charge on any atom is 0.249 e. The van der Waals surface area contributed by atoms with E-state index in [2.05, 4.69) is 11.1 Å². The van der Waals surface area contributed by atoms with Crippen molar-refractivity contribution < 1.29 is 9.53 Å². The summed E-state index contributed by atoms with van der Waals surface area (Å²) in [6.07, 6.45) is 8.65. The minimum absolute atomic E-state index is 0.0240. The summed E-state index contributed by atoms with van der Waals surface area (Å²) in [6.45, 7) is 3.25. The number of hydrogen-bond donors (Lipinski definition) is 0. The molecule has 1 unspecified atom stereocenters. The summed E-state index contributed by atoms with van der Waals surface area (Å²) < 4.78 is 5.54. The lowest BCUT2D eigenvalue weighted by Crippen LogP contribution is -2.44. The molecule has 1 atom stereocenters. The standard InChI is InChI=1S/C20H22N2O2/c1-2-3-9-17-10-11-21-12-18(17)19-14-24-15-20(23)22(19)13-16-7-5-4-6-8-16/h2-8,10-12,19H,9,13-15H2,1H3/b3-2-. The van der Waals surface area contributed by atoms with Gasteiger partial charge < -0.3 is 9.64 Å². The highest BCUT2D eigenvalue weighted by Gasteiger charge is 2.31. The molecule has 124 valence electrons. The van der Waals surface area contributed by atoms with Crippen LogP contribution < -0.4 is 0 Å². The summed E-state index contributed by atoms with van der Waals surface area (Å²) in [5.74, 6) is 0.0240. The number of allylic oxidation sites excluding steroid dienone is 2. The Balaban J connectivity index is 1.90. The molecule has 0 spiro atoms. The first-order valence-electron chi connectivity index (χ1n) is 8.24. The monoisotopic (exact) mass is 322 g/mol. The summed E-state index contributed by atoms with van der Waals surface area (Å²) in [5.41, 5.74) is 3.38. The number of rotatable bonds is 5. The van der Waals surface area contributed by atoms with Crippen molar-refractivity contribution in [1.29, 1.82) is 0 Å². The van der Waals surface area contributed by atoms with Crippen LogP contribution in [-0.2, 0) is 22.5 Å². The van der Waals surface area contributed by atoms with Gasteiger partial charge >= 0.3 is 0 Å². The van der Waals surface area contributed by atoms with Gasteiger partial charge in [-0.2, -0.15) is 0 Å². The first kappa shape index (κ1) is 16.4. The quantitative estimate of drug-likeness (QED) is 0.793. The van der Waals surface area contributed by atoms with Crippen LogP contribution in [0, 0.1) is 0 Å². The van der Waals surface area contributed by atoms with E-state index in [0.717, 1.165) is 17.5 Å². The number of pyridine rings is 1. The van der Waals surface area contributed by atoms with Crippen molar-refractivity contribution in [2.75, 3.05) is 13.2 Å². The largest absolute Gasteiger partial charge is 0.369 e. The number of morpholine rings is 1. The lowest BCUT2D eigenvalue weighted by atomic mass is 9.98. The van der Waals surface area contributed by atoms with Gasteiger partial charge in [0.25, 0.3) is 0 Å². The van der Waals surface area contributed by atoms with E-state index in [1.54, 1.807) is 6.20 Å². The molecule has 0 radical (unpaired) electrons. The van der Waals surface area contributed by atoms with E-state index in [-0.39, 0.29) is 18.6 Å². The van der Waals surface area contributed by atoms with E-state index < -0.39 is 0 Å². The van der Waals surface area contributed by atoms with Crippen LogP contribution in [0.2, 0.25) is 0 Å². The SMILES string of the molecule is C/C=C\Cc1ccncc1C1COCC(=O)N1Cc1ccccc1. The third-order valence-electron chi connectivity index (χ3n) is 4.27. The van der Waals surface area contributed by atoms with Crippen LogP contribution in [0.4, 0.5) is 0 Å². The third-order valence-corrected chi connectivity index (χ3v) is 4.27. The van der Waals surface area contributed by atoms with Gasteiger partial charge in [-0.15, -0.1) is 0 Å². The maximum atomic E-state index is 12.5. The minimum atomic E-state index is -0.0968. The van der Waals surface area contributed by atoms with E-state index >= 15 is 0 Å². The summed E-state index contributed by atoms with van der Waals surface area (Å²) in [5, 5.41) is 0. The molecule has 1 aromatic carbocycles. The number of nitrogens with zero attached hydrogens (tertiary/aromatic N) is 2. The Kier molecular flexibility index (Phi) is 5.39. The molecule has 2 heterocycles. The van der Waals surface area contributed by atoms with E-state index in [1.165, 1.54) is 5.56 Å². The predicted molar refractivity (Wildman–Crippen MR) is 93.3 cm³/mol. The summed E-state index contributed by atoms with van der Waals surface area (Å²) in [4.78, 5) is 18.7. The number of aromatic nitrogens is 1. The Morgan fingerprint density at radius 2 is 2.12 bits per heavy atom. The molecule has 1 aliphatic rings. The van der Waals surface area contributed by atoms with Gasteiger partial charge in [-0.25, -0.2) is 0 Å². The molecule has 1 saturated heterocycles. The van der Waals surface area contributed by atoms with Crippen molar-refractivity contribution >= 4 is 5.91 Å². The third kappa shape index (κ3) is 3.71. The molecule has 4 heteroatoms. The molecule has 1 aromatic heterocycles. The van der Waals surface area contributed by atoms with Crippen LogP contribution in [0.1, 0.15) is 29.7 Å². The van der Waals surface area contributed by atoms with Gasteiger partial charge in [-0.1, -0.05) is 42.5 Å². The smallest absolute Gasteiger partial charge is 0.249 e. The highest BCUT2D eigenvalue weighted by Crippen LogP contribution is 2.29. The van der Waals surface area contributed by atoms with Gasteiger partial charge in [0, 0.05) is 18.9 Å². The second kappa shape index (κ2) is 7.88. The Hall–Kier alpha value is -2.46. The van der Waals surface area contributed by atoms with Crippen LogP contribution in [-0.4, -0.2) is 29.0 Å². The Morgan fingerprint density at radius 1 is 1.29 bits per heavy atom. The Morgan fingerprint density at radius 3 is 2.92 bits per heavy atom. The fraction of sp³-hybridized carbons (Fsp3) is 0.300. The highest BCUT2D eigenvalue weighted by atomic mass is 16.5. The molecule has 0 aliphatic carbocycles. The van der Waals surface area contributed by atoms with E-state index in [9.17, 15) is 4.79 Å². The van der Waals surface area contributed by atoms with Crippen molar-refractivity contribution in [2.24, 2.45) is 0 Å². The summed E-state index contributed by atoms with van der Waals surface area (Å²) in [6, 6.07) is 12.0. The second-order valence-electron chi connectivity index (χ2n) is 5.89. The molecule has 1 fully saturated rings. The summed E-state index contributed by atoms with van der Waals surface area (Å²) >= 11 is 0. The first-order chi connectivity index (χ1) is 11.8. The zero-order valence-corrected chi connectivity index (χ0v) is 13.9. The van der Waals surface area contributed by atoms with Crippen molar-refractivity contribution in [3.63, 3.8) is 0 Å². The number of hydrogen-bond acceptors (Lipinski definition) is 3. The lowest BCUT2D eigenvalue weighted by molar-refractivity contribution is -0.149. The van der Waals surface area contributed by atoms with E-state index in [0.29, 0.717) is 13.2 Å². The number of amides is 1. The number of carbonyl (C=O) groups is 1. The van der Waals surface area contributed by atoms with Crippen molar-refractivity contribution in [2.45, 2.75) is 25.9 Å². The fourth-order valence-corrected chi connectivity index (χ4v) is 3.01. The molecule has 1 amide bonds. The van der Waals surface area contributed by atoms with Gasteiger partial charge in [-0.3, -0.25) is 9.78 Å². The molecule has 0 N–H and O–H groups in total. The molecular formula is C20H22N2O2. The Bertz CT molecular complexity index is 713. The zero-order chi connectivity index (χ0) is 16.8. The fourth-order valence-electron chi connectivity index (χ4n) is 3.01. The van der Waals surface area contributed by atoms with Crippen LogP contribution in [0.15, 0.2) is 60.9 Å². The number of carbonyl (C=O) groups excluding carboxylic acids is 1. The van der Waals surface area contributed by atoms with Crippen molar-refractivity contribution in [3.05, 3.63) is 77.6 Å². The average Bonchev–Trinajstić information content (AvgIpc) is 2.63. The molecule has 2 aromatic rings. The highest BCUT2D eigenvalue weighted by molar-refractivity contribution is 5.78. The molecule has 0 saturated carbocycles. The topological polar surface area (TPSA) is 42.4 Å². The molecule has 1 aliphatic heterocycles. The van der Waals surface area contributed by atoms with Crippen LogP contribution in [0.5, 0.6) is 0 Å². The minimum Gasteiger partial charge on any atom is -0.369 e. The number of ether oxygens (including phenoxy) is 1. The first-order valence-corrected chi connectivity index (χ1v) is 8.24. The number of benzene rings is 1. The summed E-state index contributed by atoms with van der Waals surface area (Å²) in [7, 11) is 0. The van der Waals surface area contributed by atoms with Crippen LogP contribution in [0.3, 0.4) is 0 Å². The molecule has 24 heavy (non-hydrogen) atoms. The molecular weight excluding hydrogens is 300 g/mol. The van der Waals surface area contributed by atoms with E-state index in [1.807, 2.05) is 60.5 Å². The van der Waals surface area contributed by atoms with Crippen LogP contribution in [0.25, 0.3) is 0 Å². The maximum absolute atomic E-state index is 12.5. The molecule has 4 nitrogen and oxygen atoms in total. The molecule has 3 rings (SSSR count). The van der Waals surface area contributed by atoms with Gasteiger partial charge in [0.15, 0.2) is 0 Å². The normalized spacial score (nSPS) is 18.3. The second-order valence-corrected chi connectivity index (χ2v) is 5.89. The predicted octanol–water partition coefficient (Wildman–Crippen LogP) is 3.30. The zero-order valence-electron chi connectivity index (χ0n) is 13.9. The lowest BCUT2D eigenvalue weighted by Gasteiger charge is -2.36. The van der Waals surface area contributed by atoms with Gasteiger partial charge in [0.1, 0.15) is 6.61 Å². The Labute approximate surface area is 142 Å². The molecule has 0 bridgehead atoms. The average molecular weight is 322 g/mol. The van der Waals surface area contributed by atoms with E-state index in [4.69, 9.17) is 4.74 Å². The van der Waals surface area contributed by atoms with Gasteiger partial charge in [0.05, 0.1) is 12.6 Å². The van der Waals surface area contributed by atoms with Gasteiger partial charge in [0.2, 0.25) is 5.91 Å². The van der Waals surface area contributed by atoms with Crippen molar-refractivity contribution in [1.82, 2.24) is 9.88 Å². The van der Waals surface area contributed by atoms with Gasteiger partial charge in [-0.05, 0) is 36.1 Å². The van der Waals surface area contributed by atoms with Crippen molar-refractivity contribution in [3.8, 4) is 0 Å². The van der Waals surface area contributed by atoms with Crippen LogP contribution >= 0.6 is 0 Å².